The molecule has 0 spiro atoms. The third kappa shape index (κ3) is 3.51. The van der Waals surface area contributed by atoms with E-state index in [2.05, 4.69) is 9.88 Å². The van der Waals surface area contributed by atoms with Crippen LogP contribution in [-0.2, 0) is 4.74 Å². The van der Waals surface area contributed by atoms with Crippen LogP contribution in [0.15, 0.2) is 18.3 Å². The lowest BCUT2D eigenvalue weighted by atomic mass is 9.99. The average molecular weight is 292 g/mol. The van der Waals surface area contributed by atoms with Crippen LogP contribution in [0.5, 0.6) is 0 Å². The van der Waals surface area contributed by atoms with Gasteiger partial charge in [0.1, 0.15) is 5.82 Å². The van der Waals surface area contributed by atoms with Crippen LogP contribution in [0.4, 0.5) is 5.82 Å². The zero-order valence-electron chi connectivity index (χ0n) is 13.0. The molecule has 1 fully saturated rings. The Labute approximate surface area is 125 Å². The molecule has 2 rings (SSSR count). The van der Waals surface area contributed by atoms with Gasteiger partial charge in [0.25, 0.3) is 5.91 Å². The molecule has 6 heteroatoms. The lowest BCUT2D eigenvalue weighted by Gasteiger charge is -2.39. The number of carbonyl (C=O) groups is 1. The van der Waals surface area contributed by atoms with Crippen LogP contribution in [0.2, 0.25) is 0 Å². The van der Waals surface area contributed by atoms with Gasteiger partial charge in [0, 0.05) is 46.5 Å². The molecule has 1 aromatic rings. The third-order valence-electron chi connectivity index (χ3n) is 3.97. The standard InChI is InChI=1S/C15H24N4O2/c1-18(2)15(20)11-4-5-14(17-10-11)19-7-6-13(21-3)8-12(19)9-16/h4-5,10,12-13H,6-9,16H2,1-3H3. The molecule has 0 saturated carbocycles. The zero-order chi connectivity index (χ0) is 15.4. The van der Waals surface area contributed by atoms with Gasteiger partial charge in [-0.15, -0.1) is 0 Å². The molecule has 2 heterocycles. The molecule has 1 aliphatic rings. The fourth-order valence-electron chi connectivity index (χ4n) is 2.69. The molecular weight excluding hydrogens is 268 g/mol. The Balaban J connectivity index is 2.12. The summed E-state index contributed by atoms with van der Waals surface area (Å²) in [6.45, 7) is 1.44. The molecule has 1 aromatic heterocycles. The van der Waals surface area contributed by atoms with Crippen molar-refractivity contribution in [1.29, 1.82) is 0 Å². The number of hydrogen-bond donors (Lipinski definition) is 1. The van der Waals surface area contributed by atoms with Crippen molar-refractivity contribution in [2.24, 2.45) is 5.73 Å². The minimum absolute atomic E-state index is 0.0393. The van der Waals surface area contributed by atoms with E-state index in [0.717, 1.165) is 25.2 Å². The van der Waals surface area contributed by atoms with Gasteiger partial charge in [-0.2, -0.15) is 0 Å². The molecule has 2 N–H and O–H groups in total. The quantitative estimate of drug-likeness (QED) is 0.885. The second-order valence-electron chi connectivity index (χ2n) is 5.57. The molecule has 6 nitrogen and oxygen atoms in total. The van der Waals surface area contributed by atoms with E-state index >= 15 is 0 Å². The normalized spacial score (nSPS) is 22.2. The van der Waals surface area contributed by atoms with Gasteiger partial charge in [-0.25, -0.2) is 4.98 Å². The summed E-state index contributed by atoms with van der Waals surface area (Å²) in [4.78, 5) is 20.1. The minimum atomic E-state index is -0.0393. The predicted molar refractivity (Wildman–Crippen MR) is 82.5 cm³/mol. The summed E-state index contributed by atoms with van der Waals surface area (Å²) in [5.41, 5.74) is 6.48. The SMILES string of the molecule is COC1CCN(c2ccc(C(=O)N(C)C)cn2)C(CN)C1. The molecule has 0 bridgehead atoms. The van der Waals surface area contributed by atoms with Crippen LogP contribution in [0.25, 0.3) is 0 Å². The Morgan fingerprint density at radius 1 is 1.52 bits per heavy atom. The maximum absolute atomic E-state index is 11.9. The van der Waals surface area contributed by atoms with Crippen molar-refractivity contribution in [3.05, 3.63) is 23.9 Å². The topological polar surface area (TPSA) is 71.7 Å². The monoisotopic (exact) mass is 292 g/mol. The van der Waals surface area contributed by atoms with Crippen molar-refractivity contribution >= 4 is 11.7 Å². The van der Waals surface area contributed by atoms with E-state index in [0.29, 0.717) is 12.1 Å². The first-order valence-corrected chi connectivity index (χ1v) is 7.24. The Morgan fingerprint density at radius 3 is 2.81 bits per heavy atom. The Bertz CT molecular complexity index is 475. The zero-order valence-corrected chi connectivity index (χ0v) is 13.0. The second kappa shape index (κ2) is 6.87. The van der Waals surface area contributed by atoms with Gasteiger partial charge in [0.15, 0.2) is 0 Å². The highest BCUT2D eigenvalue weighted by Crippen LogP contribution is 2.24. The Kier molecular flexibility index (Phi) is 5.14. The molecule has 2 unspecified atom stereocenters. The number of pyridine rings is 1. The van der Waals surface area contributed by atoms with E-state index in [1.807, 2.05) is 12.1 Å². The summed E-state index contributed by atoms with van der Waals surface area (Å²) in [5, 5.41) is 0. The van der Waals surface area contributed by atoms with Gasteiger partial charge in [0.2, 0.25) is 0 Å². The van der Waals surface area contributed by atoms with E-state index < -0.39 is 0 Å². The number of hydrogen-bond acceptors (Lipinski definition) is 5. The van der Waals surface area contributed by atoms with Crippen molar-refractivity contribution in [2.75, 3.05) is 39.2 Å². The molecule has 0 aliphatic carbocycles. The molecule has 21 heavy (non-hydrogen) atoms. The molecule has 0 radical (unpaired) electrons. The van der Waals surface area contributed by atoms with Crippen molar-refractivity contribution in [1.82, 2.24) is 9.88 Å². The van der Waals surface area contributed by atoms with Crippen molar-refractivity contribution in [2.45, 2.75) is 25.0 Å². The van der Waals surface area contributed by atoms with Crippen molar-refractivity contribution < 1.29 is 9.53 Å². The van der Waals surface area contributed by atoms with Crippen LogP contribution in [-0.4, -0.2) is 62.2 Å². The van der Waals surface area contributed by atoms with Crippen molar-refractivity contribution in [3.8, 4) is 0 Å². The summed E-state index contributed by atoms with van der Waals surface area (Å²) in [5.74, 6) is 0.831. The summed E-state index contributed by atoms with van der Waals surface area (Å²) in [6.07, 6.45) is 3.78. The average Bonchev–Trinajstić information content (AvgIpc) is 2.53. The maximum Gasteiger partial charge on any atom is 0.254 e. The van der Waals surface area contributed by atoms with Gasteiger partial charge in [0.05, 0.1) is 11.7 Å². The van der Waals surface area contributed by atoms with Gasteiger partial charge < -0.3 is 20.3 Å². The molecular formula is C15H24N4O2. The number of anilines is 1. The van der Waals surface area contributed by atoms with Crippen LogP contribution in [0.3, 0.4) is 0 Å². The minimum Gasteiger partial charge on any atom is -0.381 e. The molecule has 1 saturated heterocycles. The lowest BCUT2D eigenvalue weighted by Crippen LogP contribution is -2.49. The largest absolute Gasteiger partial charge is 0.381 e. The van der Waals surface area contributed by atoms with E-state index in [-0.39, 0.29) is 18.1 Å². The van der Waals surface area contributed by atoms with Gasteiger partial charge in [-0.1, -0.05) is 0 Å². The van der Waals surface area contributed by atoms with E-state index in [4.69, 9.17) is 10.5 Å². The first-order valence-electron chi connectivity index (χ1n) is 7.24. The van der Waals surface area contributed by atoms with Crippen LogP contribution >= 0.6 is 0 Å². The van der Waals surface area contributed by atoms with Gasteiger partial charge >= 0.3 is 0 Å². The number of carbonyl (C=O) groups excluding carboxylic acids is 1. The number of methoxy groups -OCH3 is 1. The van der Waals surface area contributed by atoms with Crippen LogP contribution in [0, 0.1) is 0 Å². The lowest BCUT2D eigenvalue weighted by molar-refractivity contribution is 0.0708. The van der Waals surface area contributed by atoms with Gasteiger partial charge in [-0.3, -0.25) is 4.79 Å². The molecule has 2 atom stereocenters. The maximum atomic E-state index is 11.9. The van der Waals surface area contributed by atoms with Crippen LogP contribution in [0.1, 0.15) is 23.2 Å². The number of aromatic nitrogens is 1. The van der Waals surface area contributed by atoms with Crippen LogP contribution < -0.4 is 10.6 Å². The fourth-order valence-corrected chi connectivity index (χ4v) is 2.69. The summed E-state index contributed by atoms with van der Waals surface area (Å²) < 4.78 is 5.43. The van der Waals surface area contributed by atoms with E-state index in [1.165, 1.54) is 0 Å². The summed E-state index contributed by atoms with van der Waals surface area (Å²) >= 11 is 0. The number of nitrogens with zero attached hydrogens (tertiary/aromatic N) is 3. The molecule has 0 aromatic carbocycles. The highest BCUT2D eigenvalue weighted by Gasteiger charge is 2.28. The summed E-state index contributed by atoms with van der Waals surface area (Å²) in [7, 11) is 5.21. The Morgan fingerprint density at radius 2 is 2.29 bits per heavy atom. The van der Waals surface area contributed by atoms with E-state index in [9.17, 15) is 4.79 Å². The molecule has 116 valence electrons. The fraction of sp³-hybridized carbons (Fsp3) is 0.600. The number of rotatable bonds is 4. The number of ether oxygens (including phenoxy) is 1. The van der Waals surface area contributed by atoms with E-state index in [1.54, 1.807) is 32.3 Å². The number of nitrogens with two attached hydrogens (primary N) is 1. The highest BCUT2D eigenvalue weighted by molar-refractivity contribution is 5.93. The highest BCUT2D eigenvalue weighted by atomic mass is 16.5. The smallest absolute Gasteiger partial charge is 0.254 e. The first-order chi connectivity index (χ1) is 10.1. The van der Waals surface area contributed by atoms with Crippen molar-refractivity contribution in [3.63, 3.8) is 0 Å². The number of amides is 1. The number of piperidine rings is 1. The van der Waals surface area contributed by atoms with Gasteiger partial charge in [-0.05, 0) is 25.0 Å². The Hall–Kier alpha value is -1.66. The third-order valence-corrected chi connectivity index (χ3v) is 3.97. The molecule has 1 amide bonds. The predicted octanol–water partition coefficient (Wildman–Crippen LogP) is 0.726. The summed E-state index contributed by atoms with van der Waals surface area (Å²) in [6, 6.07) is 3.94. The first kappa shape index (κ1) is 15.7. The molecule has 1 aliphatic heterocycles. The second-order valence-corrected chi connectivity index (χ2v) is 5.57.